The van der Waals surface area contributed by atoms with Gasteiger partial charge in [-0.15, -0.1) is 0 Å². The number of rotatable bonds is 4. The van der Waals surface area contributed by atoms with Crippen molar-refractivity contribution in [1.82, 2.24) is 14.5 Å². The quantitative estimate of drug-likeness (QED) is 0.687. The van der Waals surface area contributed by atoms with E-state index in [9.17, 15) is 13.5 Å². The summed E-state index contributed by atoms with van der Waals surface area (Å²) >= 11 is 0. The number of anilines is 1. The van der Waals surface area contributed by atoms with Crippen molar-refractivity contribution in [2.45, 2.75) is 50.2 Å². The zero-order chi connectivity index (χ0) is 21.7. The van der Waals surface area contributed by atoms with E-state index >= 15 is 0 Å². The Balaban J connectivity index is 1.85. The summed E-state index contributed by atoms with van der Waals surface area (Å²) in [6.07, 6.45) is 3.53. The number of hydrogen-bond acceptors (Lipinski definition) is 6. The Bertz CT molecular complexity index is 1190. The molecule has 1 aliphatic heterocycles. The van der Waals surface area contributed by atoms with Crippen molar-refractivity contribution in [2.75, 3.05) is 24.2 Å². The summed E-state index contributed by atoms with van der Waals surface area (Å²) in [6.45, 7) is 7.92. The van der Waals surface area contributed by atoms with Crippen molar-refractivity contribution >= 4 is 26.7 Å². The fourth-order valence-corrected chi connectivity index (χ4v) is 4.80. The van der Waals surface area contributed by atoms with Crippen LogP contribution in [-0.4, -0.2) is 53.5 Å². The number of hydrogen-bond donors (Lipinski definition) is 1. The molecule has 3 heterocycles. The molecule has 0 radical (unpaired) electrons. The number of aliphatic hydroxyl groups excluding tert-OH is 1. The second-order valence-electron chi connectivity index (χ2n) is 9.07. The van der Waals surface area contributed by atoms with Crippen LogP contribution in [0.3, 0.4) is 0 Å². The third kappa shape index (κ3) is 3.94. The van der Waals surface area contributed by atoms with Gasteiger partial charge in [0.05, 0.1) is 22.9 Å². The lowest BCUT2D eigenvalue weighted by Crippen LogP contribution is -2.25. The number of sulfone groups is 1. The Hall–Kier alpha value is -2.45. The predicted molar refractivity (Wildman–Crippen MR) is 118 cm³/mol. The number of β-amino-alcohol motifs (C(OH)–C–C–N with tert-alkyl or cyclic N) is 1. The first-order valence-corrected chi connectivity index (χ1v) is 12.0. The molecule has 3 aromatic rings. The third-order valence-electron chi connectivity index (χ3n) is 5.45. The molecule has 160 valence electrons. The van der Waals surface area contributed by atoms with Gasteiger partial charge in [0.25, 0.3) is 0 Å². The van der Waals surface area contributed by atoms with E-state index in [2.05, 4.69) is 25.7 Å². The topological polar surface area (TPSA) is 88.3 Å². The maximum Gasteiger partial charge on any atom is 0.175 e. The summed E-state index contributed by atoms with van der Waals surface area (Å²) in [5, 5.41) is 10.9. The van der Waals surface area contributed by atoms with E-state index < -0.39 is 9.84 Å². The molecule has 0 saturated carbocycles. The second kappa shape index (κ2) is 7.35. The van der Waals surface area contributed by atoms with Gasteiger partial charge < -0.3 is 14.6 Å². The van der Waals surface area contributed by atoms with Crippen LogP contribution in [0.1, 0.15) is 38.6 Å². The van der Waals surface area contributed by atoms with Crippen LogP contribution >= 0.6 is 0 Å². The van der Waals surface area contributed by atoms with Crippen LogP contribution in [0.25, 0.3) is 11.0 Å². The molecular weight excluding hydrogens is 400 g/mol. The van der Waals surface area contributed by atoms with Crippen LogP contribution in [-0.2, 0) is 21.8 Å². The fourth-order valence-electron chi connectivity index (χ4n) is 3.87. The lowest BCUT2D eigenvalue weighted by molar-refractivity contribution is 0.198. The first-order chi connectivity index (χ1) is 14.0. The van der Waals surface area contributed by atoms with Crippen molar-refractivity contribution in [3.63, 3.8) is 0 Å². The molecule has 1 saturated heterocycles. The largest absolute Gasteiger partial charge is 0.391 e. The molecule has 1 N–H and O–H groups in total. The van der Waals surface area contributed by atoms with Gasteiger partial charge in [0.1, 0.15) is 17.3 Å². The number of fused-ring (bicyclic) bond motifs is 1. The molecule has 0 aliphatic carbocycles. The monoisotopic (exact) mass is 428 g/mol. The van der Waals surface area contributed by atoms with E-state index in [0.717, 1.165) is 41.2 Å². The van der Waals surface area contributed by atoms with Crippen molar-refractivity contribution in [3.8, 4) is 0 Å². The van der Waals surface area contributed by atoms with Crippen LogP contribution in [0.15, 0.2) is 41.4 Å². The van der Waals surface area contributed by atoms with Gasteiger partial charge in [-0.2, -0.15) is 0 Å². The van der Waals surface area contributed by atoms with E-state index in [-0.39, 0.29) is 11.5 Å². The zero-order valence-electron chi connectivity index (χ0n) is 17.8. The summed E-state index contributed by atoms with van der Waals surface area (Å²) in [4.78, 5) is 12.2. The van der Waals surface area contributed by atoms with Gasteiger partial charge in [-0.1, -0.05) is 39.0 Å². The average molecular weight is 429 g/mol. The van der Waals surface area contributed by atoms with Crippen LogP contribution < -0.4 is 4.90 Å². The molecule has 4 rings (SSSR count). The molecule has 0 bridgehead atoms. The normalized spacial score (nSPS) is 17.8. The minimum Gasteiger partial charge on any atom is -0.391 e. The smallest absolute Gasteiger partial charge is 0.175 e. The van der Waals surface area contributed by atoms with E-state index in [4.69, 9.17) is 9.97 Å². The molecule has 8 heteroatoms. The van der Waals surface area contributed by atoms with Gasteiger partial charge in [-0.25, -0.2) is 18.4 Å². The highest BCUT2D eigenvalue weighted by molar-refractivity contribution is 7.90. The summed E-state index contributed by atoms with van der Waals surface area (Å²) in [7, 11) is -3.33. The number of nitrogens with zero attached hydrogens (tertiary/aromatic N) is 4. The highest BCUT2D eigenvalue weighted by Crippen LogP contribution is 2.31. The Morgan fingerprint density at radius 1 is 1.17 bits per heavy atom. The van der Waals surface area contributed by atoms with Crippen molar-refractivity contribution in [3.05, 3.63) is 47.9 Å². The Morgan fingerprint density at radius 3 is 2.53 bits per heavy atom. The SMILES string of the molecule is CC(C)(C)c1nc(N2CC[C@H](O)C2)c2ccn(Cc3ccccc3S(C)(=O)=O)c2n1. The molecule has 1 aromatic carbocycles. The standard InChI is InChI=1S/C22H28N4O3S/c1-22(2,3)21-23-19-17(20(24-21)26-11-9-16(27)14-26)10-12-25(19)13-15-7-5-6-8-18(15)30(4,28)29/h5-8,10,12,16,27H,9,11,13-14H2,1-4H3/t16-/m0/s1. The predicted octanol–water partition coefficient (Wildman–Crippen LogP) is 2.75. The van der Waals surface area contributed by atoms with Crippen LogP contribution in [0, 0.1) is 0 Å². The Labute approximate surface area is 177 Å². The average Bonchev–Trinajstić information content (AvgIpc) is 3.26. The fraction of sp³-hybridized carbons (Fsp3) is 0.455. The maximum absolute atomic E-state index is 12.2. The van der Waals surface area contributed by atoms with E-state index in [1.807, 2.05) is 29.0 Å². The number of benzene rings is 1. The van der Waals surface area contributed by atoms with Gasteiger partial charge in [-0.3, -0.25) is 0 Å². The van der Waals surface area contributed by atoms with Crippen LogP contribution in [0.2, 0.25) is 0 Å². The number of aromatic nitrogens is 3. The van der Waals surface area contributed by atoms with Crippen molar-refractivity contribution in [2.24, 2.45) is 0 Å². The van der Waals surface area contributed by atoms with Crippen LogP contribution in [0.4, 0.5) is 5.82 Å². The highest BCUT2D eigenvalue weighted by Gasteiger charge is 2.27. The second-order valence-corrected chi connectivity index (χ2v) is 11.1. The van der Waals surface area contributed by atoms with E-state index in [1.165, 1.54) is 6.26 Å². The molecule has 0 unspecified atom stereocenters. The third-order valence-corrected chi connectivity index (χ3v) is 6.64. The first kappa shape index (κ1) is 20.8. The molecule has 1 atom stereocenters. The summed E-state index contributed by atoms with van der Waals surface area (Å²) in [6, 6.07) is 9.05. The molecule has 0 spiro atoms. The summed E-state index contributed by atoms with van der Waals surface area (Å²) in [5.41, 5.74) is 1.25. The highest BCUT2D eigenvalue weighted by atomic mass is 32.2. The van der Waals surface area contributed by atoms with Gasteiger partial charge >= 0.3 is 0 Å². The lowest BCUT2D eigenvalue weighted by atomic mass is 9.95. The molecule has 2 aromatic heterocycles. The molecule has 1 fully saturated rings. The summed E-state index contributed by atoms with van der Waals surface area (Å²) in [5.74, 6) is 1.55. The molecule has 0 amide bonds. The Kier molecular flexibility index (Phi) is 5.10. The number of aliphatic hydroxyl groups is 1. The van der Waals surface area contributed by atoms with Crippen LogP contribution in [0.5, 0.6) is 0 Å². The minimum atomic E-state index is -3.33. The van der Waals surface area contributed by atoms with Gasteiger partial charge in [0.2, 0.25) is 0 Å². The minimum absolute atomic E-state index is 0.249. The zero-order valence-corrected chi connectivity index (χ0v) is 18.6. The first-order valence-electron chi connectivity index (χ1n) is 10.1. The molecule has 30 heavy (non-hydrogen) atoms. The molecule has 7 nitrogen and oxygen atoms in total. The summed E-state index contributed by atoms with van der Waals surface area (Å²) < 4.78 is 26.4. The van der Waals surface area contributed by atoms with Gasteiger partial charge in [0, 0.05) is 31.0 Å². The molecule has 1 aliphatic rings. The van der Waals surface area contributed by atoms with Crippen molar-refractivity contribution < 1.29 is 13.5 Å². The van der Waals surface area contributed by atoms with E-state index in [0.29, 0.717) is 18.0 Å². The Morgan fingerprint density at radius 2 is 1.90 bits per heavy atom. The van der Waals surface area contributed by atoms with Gasteiger partial charge in [-0.05, 0) is 24.1 Å². The van der Waals surface area contributed by atoms with Gasteiger partial charge in [0.15, 0.2) is 9.84 Å². The maximum atomic E-state index is 12.2. The van der Waals surface area contributed by atoms with Crippen molar-refractivity contribution in [1.29, 1.82) is 0 Å². The lowest BCUT2D eigenvalue weighted by Gasteiger charge is -2.23. The van der Waals surface area contributed by atoms with E-state index in [1.54, 1.807) is 12.1 Å². The molecular formula is C22H28N4O3S.